The maximum atomic E-state index is 12.9. The molecule has 5 nitrogen and oxygen atoms in total. The predicted octanol–water partition coefficient (Wildman–Crippen LogP) is 5.08. The number of benzene rings is 2. The summed E-state index contributed by atoms with van der Waals surface area (Å²) in [5, 5.41) is 8.52. The number of amides is 2. The first-order chi connectivity index (χ1) is 14.7. The Kier molecular flexibility index (Phi) is 6.21. The number of hydrogen-bond donors (Lipinski definition) is 2. The molecule has 0 saturated heterocycles. The minimum absolute atomic E-state index is 0.138. The Labute approximate surface area is 182 Å². The van der Waals surface area contributed by atoms with Gasteiger partial charge in [0, 0.05) is 35.9 Å². The summed E-state index contributed by atoms with van der Waals surface area (Å²) in [7, 11) is 1.60. The van der Waals surface area contributed by atoms with Crippen molar-refractivity contribution in [3.63, 3.8) is 0 Å². The molecule has 0 atom stereocenters. The fourth-order valence-corrected chi connectivity index (χ4v) is 4.91. The van der Waals surface area contributed by atoms with Gasteiger partial charge in [-0.25, -0.2) is 0 Å². The Bertz CT molecular complexity index is 1170. The van der Waals surface area contributed by atoms with E-state index in [-0.39, 0.29) is 11.8 Å². The van der Waals surface area contributed by atoms with Crippen molar-refractivity contribution in [3.8, 4) is 0 Å². The zero-order valence-electron chi connectivity index (χ0n) is 16.3. The number of para-hydroxylation sites is 1. The van der Waals surface area contributed by atoms with Crippen molar-refractivity contribution in [3.05, 3.63) is 88.5 Å². The number of carbonyl (C=O) groups excluding carboxylic acids is 2. The summed E-state index contributed by atoms with van der Waals surface area (Å²) in [6.45, 7) is 0.349. The molecular formula is C23H20N2O3S2. The van der Waals surface area contributed by atoms with Gasteiger partial charge in [0.05, 0.1) is 4.21 Å². The van der Waals surface area contributed by atoms with Crippen molar-refractivity contribution in [2.45, 2.75) is 16.5 Å². The molecular weight excluding hydrogens is 416 g/mol. The topological polar surface area (TPSA) is 71.3 Å². The van der Waals surface area contributed by atoms with E-state index in [2.05, 4.69) is 16.7 Å². The van der Waals surface area contributed by atoms with Crippen molar-refractivity contribution in [2.75, 3.05) is 7.05 Å². The molecule has 30 heavy (non-hydrogen) atoms. The van der Waals surface area contributed by atoms with E-state index in [0.717, 1.165) is 16.5 Å². The Morgan fingerprint density at radius 1 is 1.00 bits per heavy atom. The molecule has 2 aromatic carbocycles. The van der Waals surface area contributed by atoms with Gasteiger partial charge in [0.1, 0.15) is 5.58 Å². The zero-order valence-corrected chi connectivity index (χ0v) is 17.9. The Balaban J connectivity index is 1.51. The number of thioether (sulfide) groups is 1. The van der Waals surface area contributed by atoms with Crippen molar-refractivity contribution in [2.24, 2.45) is 0 Å². The molecule has 152 valence electrons. The molecule has 2 aromatic heterocycles. The van der Waals surface area contributed by atoms with Gasteiger partial charge in [0.25, 0.3) is 11.8 Å². The minimum Gasteiger partial charge on any atom is -0.451 e. The number of fused-ring (bicyclic) bond motifs is 1. The quantitative estimate of drug-likeness (QED) is 0.397. The van der Waals surface area contributed by atoms with Crippen LogP contribution in [0.4, 0.5) is 0 Å². The van der Waals surface area contributed by atoms with Crippen LogP contribution in [0.5, 0.6) is 0 Å². The van der Waals surface area contributed by atoms with Gasteiger partial charge in [-0.3, -0.25) is 9.59 Å². The van der Waals surface area contributed by atoms with E-state index in [4.69, 9.17) is 4.42 Å². The standard InChI is InChI=1S/C23H20N2O3S2/c1-24-22(26)16-10-8-15(9-11-16)13-25-23(27)21-18(14-30-20-7-4-12-29-20)17-5-2-3-6-19(17)28-21/h2-12H,13-14H2,1H3,(H,24,26)(H,25,27). The summed E-state index contributed by atoms with van der Waals surface area (Å²) in [5.41, 5.74) is 3.09. The predicted molar refractivity (Wildman–Crippen MR) is 121 cm³/mol. The molecule has 0 fully saturated rings. The highest BCUT2D eigenvalue weighted by molar-refractivity contribution is 8.00. The summed E-state index contributed by atoms with van der Waals surface area (Å²) in [5.74, 6) is 0.618. The van der Waals surface area contributed by atoms with E-state index in [0.29, 0.717) is 29.2 Å². The maximum Gasteiger partial charge on any atom is 0.287 e. The lowest BCUT2D eigenvalue weighted by atomic mass is 10.1. The summed E-state index contributed by atoms with van der Waals surface area (Å²) in [6, 6.07) is 18.9. The van der Waals surface area contributed by atoms with E-state index in [1.807, 2.05) is 47.8 Å². The molecule has 0 spiro atoms. The minimum atomic E-state index is -0.247. The molecule has 2 N–H and O–H groups in total. The van der Waals surface area contributed by atoms with E-state index in [9.17, 15) is 9.59 Å². The van der Waals surface area contributed by atoms with Crippen LogP contribution in [0.15, 0.2) is 74.7 Å². The number of rotatable bonds is 7. The highest BCUT2D eigenvalue weighted by Crippen LogP contribution is 2.33. The normalized spacial score (nSPS) is 10.8. The third kappa shape index (κ3) is 4.42. The molecule has 4 rings (SSSR count). The number of nitrogens with one attached hydrogen (secondary N) is 2. The first-order valence-corrected chi connectivity index (χ1v) is 11.3. The molecule has 0 aliphatic rings. The van der Waals surface area contributed by atoms with Gasteiger partial charge in [-0.2, -0.15) is 0 Å². The summed E-state index contributed by atoms with van der Waals surface area (Å²) in [6.07, 6.45) is 0. The molecule has 4 aromatic rings. The van der Waals surface area contributed by atoms with Crippen LogP contribution in [-0.4, -0.2) is 18.9 Å². The summed E-state index contributed by atoms with van der Waals surface area (Å²) < 4.78 is 7.11. The summed E-state index contributed by atoms with van der Waals surface area (Å²) in [4.78, 5) is 24.6. The largest absolute Gasteiger partial charge is 0.451 e. The van der Waals surface area contributed by atoms with Crippen LogP contribution in [0.2, 0.25) is 0 Å². The van der Waals surface area contributed by atoms with Crippen molar-refractivity contribution >= 4 is 45.9 Å². The van der Waals surface area contributed by atoms with Gasteiger partial charge < -0.3 is 15.1 Å². The second-order valence-electron chi connectivity index (χ2n) is 6.59. The maximum absolute atomic E-state index is 12.9. The average molecular weight is 437 g/mol. The first-order valence-electron chi connectivity index (χ1n) is 9.41. The Hall–Kier alpha value is -3.03. The van der Waals surface area contributed by atoms with Crippen LogP contribution >= 0.6 is 23.1 Å². The number of furan rings is 1. The molecule has 0 bridgehead atoms. The van der Waals surface area contributed by atoms with Crippen molar-refractivity contribution in [1.29, 1.82) is 0 Å². The molecule has 0 radical (unpaired) electrons. The second kappa shape index (κ2) is 9.19. The molecule has 0 aliphatic heterocycles. The monoisotopic (exact) mass is 436 g/mol. The molecule has 2 amide bonds. The lowest BCUT2D eigenvalue weighted by molar-refractivity contribution is 0.0922. The van der Waals surface area contributed by atoms with E-state index < -0.39 is 0 Å². The Morgan fingerprint density at radius 2 is 1.80 bits per heavy atom. The van der Waals surface area contributed by atoms with Crippen LogP contribution < -0.4 is 10.6 Å². The summed E-state index contributed by atoms with van der Waals surface area (Å²) >= 11 is 3.37. The van der Waals surface area contributed by atoms with Crippen LogP contribution in [0.3, 0.4) is 0 Å². The molecule has 0 unspecified atom stereocenters. The van der Waals surface area contributed by atoms with Gasteiger partial charge in [-0.15, -0.1) is 23.1 Å². The zero-order chi connectivity index (χ0) is 20.9. The third-order valence-corrected chi connectivity index (χ3v) is 6.81. The van der Waals surface area contributed by atoms with E-state index in [1.54, 1.807) is 42.3 Å². The SMILES string of the molecule is CNC(=O)c1ccc(CNC(=O)c2oc3ccccc3c2CSc2cccs2)cc1. The number of hydrogen-bond acceptors (Lipinski definition) is 5. The Morgan fingerprint density at radius 3 is 2.53 bits per heavy atom. The van der Waals surface area contributed by atoms with Gasteiger partial charge in [-0.05, 0) is 35.2 Å². The second-order valence-corrected chi connectivity index (χ2v) is 8.81. The number of thiophene rings is 1. The van der Waals surface area contributed by atoms with E-state index >= 15 is 0 Å². The van der Waals surface area contributed by atoms with Crippen molar-refractivity contribution in [1.82, 2.24) is 10.6 Å². The van der Waals surface area contributed by atoms with Gasteiger partial charge in [0.2, 0.25) is 0 Å². The van der Waals surface area contributed by atoms with Gasteiger partial charge in [0.15, 0.2) is 5.76 Å². The third-order valence-electron chi connectivity index (χ3n) is 4.65. The van der Waals surface area contributed by atoms with Crippen LogP contribution in [0.25, 0.3) is 11.0 Å². The lowest BCUT2D eigenvalue weighted by Gasteiger charge is -2.07. The highest BCUT2D eigenvalue weighted by atomic mass is 32.2. The van der Waals surface area contributed by atoms with Gasteiger partial charge in [-0.1, -0.05) is 36.4 Å². The lowest BCUT2D eigenvalue weighted by Crippen LogP contribution is -2.23. The average Bonchev–Trinajstić information content (AvgIpc) is 3.43. The van der Waals surface area contributed by atoms with Crippen LogP contribution in [0.1, 0.15) is 32.0 Å². The van der Waals surface area contributed by atoms with E-state index in [1.165, 1.54) is 4.21 Å². The highest BCUT2D eigenvalue weighted by Gasteiger charge is 2.20. The van der Waals surface area contributed by atoms with Crippen LogP contribution in [-0.2, 0) is 12.3 Å². The molecule has 0 saturated carbocycles. The molecule has 7 heteroatoms. The smallest absolute Gasteiger partial charge is 0.287 e. The number of carbonyl (C=O) groups is 2. The van der Waals surface area contributed by atoms with Crippen LogP contribution in [0, 0.1) is 0 Å². The fourth-order valence-electron chi connectivity index (χ4n) is 3.10. The first kappa shape index (κ1) is 20.3. The molecule has 2 heterocycles. The van der Waals surface area contributed by atoms with Gasteiger partial charge >= 0.3 is 0 Å². The fraction of sp³-hybridized carbons (Fsp3) is 0.130. The molecule has 0 aliphatic carbocycles. The van der Waals surface area contributed by atoms with Crippen molar-refractivity contribution < 1.29 is 14.0 Å².